The Hall–Kier alpha value is -1.04. The highest BCUT2D eigenvalue weighted by molar-refractivity contribution is 5.21. The fourth-order valence-electron chi connectivity index (χ4n) is 1.11. The Bertz CT molecular complexity index is 254. The molecule has 0 saturated carbocycles. The van der Waals surface area contributed by atoms with Crippen molar-refractivity contribution >= 4 is 0 Å². The largest absolute Gasteiger partial charge is 0.100 e. The van der Waals surface area contributed by atoms with E-state index < -0.39 is 0 Å². The van der Waals surface area contributed by atoms with Gasteiger partial charge in [-0.15, -0.1) is 6.58 Å². The van der Waals surface area contributed by atoms with Gasteiger partial charge in [0.2, 0.25) is 0 Å². The minimum Gasteiger partial charge on any atom is -0.100 e. The van der Waals surface area contributed by atoms with Crippen LogP contribution in [0, 0.1) is 6.92 Å². The van der Waals surface area contributed by atoms with Gasteiger partial charge in [0.1, 0.15) is 0 Å². The molecule has 0 aromatic heterocycles. The second-order valence-corrected chi connectivity index (χ2v) is 3.44. The molecule has 0 amide bonds. The molecule has 0 atom stereocenters. The maximum Gasteiger partial charge on any atom is -0.0242 e. The standard InChI is InChI=1S/C12H16/c1-10(2)4-7-12-8-5-11(3)6-9-12/h5-6,8-9H,1,4,7H2,2-3H3. The van der Waals surface area contributed by atoms with E-state index in [9.17, 15) is 0 Å². The van der Waals surface area contributed by atoms with Crippen molar-refractivity contribution in [2.45, 2.75) is 26.7 Å². The lowest BCUT2D eigenvalue weighted by Gasteiger charge is -2.00. The van der Waals surface area contributed by atoms with Gasteiger partial charge in [-0.3, -0.25) is 0 Å². The summed E-state index contributed by atoms with van der Waals surface area (Å²) in [6.45, 7) is 8.08. The number of hydrogen-bond donors (Lipinski definition) is 0. The van der Waals surface area contributed by atoms with E-state index >= 15 is 0 Å². The molecule has 12 heavy (non-hydrogen) atoms. The van der Waals surface area contributed by atoms with Gasteiger partial charge in [-0.2, -0.15) is 0 Å². The molecule has 0 aliphatic rings. The van der Waals surface area contributed by atoms with Gasteiger partial charge < -0.3 is 0 Å². The average molecular weight is 160 g/mol. The summed E-state index contributed by atoms with van der Waals surface area (Å²) in [4.78, 5) is 0. The second-order valence-electron chi connectivity index (χ2n) is 3.44. The summed E-state index contributed by atoms with van der Waals surface area (Å²) >= 11 is 0. The summed E-state index contributed by atoms with van der Waals surface area (Å²) in [6, 6.07) is 8.71. The normalized spacial score (nSPS) is 9.83. The van der Waals surface area contributed by atoms with E-state index in [1.165, 1.54) is 16.7 Å². The van der Waals surface area contributed by atoms with Gasteiger partial charge in [-0.25, -0.2) is 0 Å². The summed E-state index contributed by atoms with van der Waals surface area (Å²) in [5.74, 6) is 0. The summed E-state index contributed by atoms with van der Waals surface area (Å²) in [6.07, 6.45) is 2.22. The number of aryl methyl sites for hydroxylation is 2. The maximum absolute atomic E-state index is 3.89. The van der Waals surface area contributed by atoms with E-state index in [1.54, 1.807) is 0 Å². The molecule has 0 bridgehead atoms. The Morgan fingerprint density at radius 1 is 1.25 bits per heavy atom. The van der Waals surface area contributed by atoms with E-state index in [0.717, 1.165) is 12.8 Å². The van der Waals surface area contributed by atoms with Crippen LogP contribution in [0.2, 0.25) is 0 Å². The molecule has 0 spiro atoms. The Kier molecular flexibility index (Phi) is 3.09. The molecule has 0 heteroatoms. The second kappa shape index (κ2) is 4.10. The van der Waals surface area contributed by atoms with Crippen LogP contribution in [0.3, 0.4) is 0 Å². The zero-order chi connectivity index (χ0) is 8.97. The van der Waals surface area contributed by atoms with Crippen LogP contribution >= 0.6 is 0 Å². The lowest BCUT2D eigenvalue weighted by molar-refractivity contribution is 0.945. The molecule has 1 rings (SSSR count). The third-order valence-corrected chi connectivity index (χ3v) is 1.96. The Labute approximate surface area is 74.9 Å². The average Bonchev–Trinajstić information content (AvgIpc) is 2.03. The highest BCUT2D eigenvalue weighted by atomic mass is 14.0. The van der Waals surface area contributed by atoms with E-state index in [0.29, 0.717) is 0 Å². The Balaban J connectivity index is 2.53. The van der Waals surface area contributed by atoms with Crippen molar-refractivity contribution in [3.63, 3.8) is 0 Å². The van der Waals surface area contributed by atoms with Gasteiger partial charge in [0.05, 0.1) is 0 Å². The Morgan fingerprint density at radius 2 is 1.83 bits per heavy atom. The summed E-state index contributed by atoms with van der Waals surface area (Å²) < 4.78 is 0. The molecule has 0 radical (unpaired) electrons. The number of allylic oxidation sites excluding steroid dienone is 1. The molecule has 0 heterocycles. The number of hydrogen-bond acceptors (Lipinski definition) is 0. The van der Waals surface area contributed by atoms with Crippen LogP contribution in [0.5, 0.6) is 0 Å². The molecule has 0 aliphatic heterocycles. The molecule has 0 nitrogen and oxygen atoms in total. The molecule has 0 fully saturated rings. The maximum atomic E-state index is 3.89. The first kappa shape index (κ1) is 9.05. The molecule has 1 aromatic carbocycles. The smallest absolute Gasteiger partial charge is 0.0242 e. The first-order chi connectivity index (χ1) is 5.68. The fourth-order valence-corrected chi connectivity index (χ4v) is 1.11. The third-order valence-electron chi connectivity index (χ3n) is 1.96. The summed E-state index contributed by atoms with van der Waals surface area (Å²) in [5, 5.41) is 0. The van der Waals surface area contributed by atoms with Gasteiger partial charge in [-0.1, -0.05) is 35.4 Å². The van der Waals surface area contributed by atoms with E-state index in [-0.39, 0.29) is 0 Å². The quantitative estimate of drug-likeness (QED) is 0.594. The van der Waals surface area contributed by atoms with Crippen molar-refractivity contribution in [1.82, 2.24) is 0 Å². The van der Waals surface area contributed by atoms with E-state index in [4.69, 9.17) is 0 Å². The van der Waals surface area contributed by atoms with Crippen LogP contribution in [0.15, 0.2) is 36.4 Å². The lowest BCUT2D eigenvalue weighted by atomic mass is 10.1. The molecule has 0 aliphatic carbocycles. The van der Waals surface area contributed by atoms with Crippen molar-refractivity contribution in [2.75, 3.05) is 0 Å². The third kappa shape index (κ3) is 2.91. The van der Waals surface area contributed by atoms with Gasteiger partial charge in [-0.05, 0) is 32.3 Å². The molecule has 1 aromatic rings. The minimum atomic E-state index is 1.10. The van der Waals surface area contributed by atoms with Gasteiger partial charge in [0.25, 0.3) is 0 Å². The monoisotopic (exact) mass is 160 g/mol. The minimum absolute atomic E-state index is 1.10. The number of benzene rings is 1. The van der Waals surface area contributed by atoms with Crippen molar-refractivity contribution in [2.24, 2.45) is 0 Å². The molecule has 0 saturated heterocycles. The molecule has 0 N–H and O–H groups in total. The Morgan fingerprint density at radius 3 is 2.33 bits per heavy atom. The molecular weight excluding hydrogens is 144 g/mol. The molecule has 64 valence electrons. The molecular formula is C12H16. The summed E-state index contributed by atoms with van der Waals surface area (Å²) in [7, 11) is 0. The van der Waals surface area contributed by atoms with Crippen LogP contribution in [-0.4, -0.2) is 0 Å². The van der Waals surface area contributed by atoms with Crippen LogP contribution in [-0.2, 0) is 6.42 Å². The number of rotatable bonds is 3. The predicted molar refractivity (Wildman–Crippen MR) is 54.3 cm³/mol. The topological polar surface area (TPSA) is 0 Å². The van der Waals surface area contributed by atoms with Gasteiger partial charge in [0.15, 0.2) is 0 Å². The van der Waals surface area contributed by atoms with Crippen molar-refractivity contribution in [3.8, 4) is 0 Å². The fraction of sp³-hybridized carbons (Fsp3) is 0.333. The zero-order valence-corrected chi connectivity index (χ0v) is 7.93. The highest BCUT2D eigenvalue weighted by Gasteiger charge is 1.92. The van der Waals surface area contributed by atoms with Crippen LogP contribution < -0.4 is 0 Å². The predicted octanol–water partition coefficient (Wildman–Crippen LogP) is 3.50. The molecule has 0 unspecified atom stereocenters. The van der Waals surface area contributed by atoms with Crippen molar-refractivity contribution in [1.29, 1.82) is 0 Å². The van der Waals surface area contributed by atoms with E-state index in [1.807, 2.05) is 0 Å². The van der Waals surface area contributed by atoms with Crippen LogP contribution in [0.25, 0.3) is 0 Å². The lowest BCUT2D eigenvalue weighted by Crippen LogP contribution is -1.85. The van der Waals surface area contributed by atoms with Crippen molar-refractivity contribution < 1.29 is 0 Å². The first-order valence-corrected chi connectivity index (χ1v) is 4.38. The zero-order valence-electron chi connectivity index (χ0n) is 7.93. The van der Waals surface area contributed by atoms with Crippen LogP contribution in [0.1, 0.15) is 24.5 Å². The first-order valence-electron chi connectivity index (χ1n) is 4.38. The van der Waals surface area contributed by atoms with E-state index in [2.05, 4.69) is 44.7 Å². The highest BCUT2D eigenvalue weighted by Crippen LogP contribution is 2.08. The van der Waals surface area contributed by atoms with Gasteiger partial charge >= 0.3 is 0 Å². The summed E-state index contributed by atoms with van der Waals surface area (Å²) in [5.41, 5.74) is 3.99. The van der Waals surface area contributed by atoms with Gasteiger partial charge in [0, 0.05) is 0 Å². The SMILES string of the molecule is C=C(C)CCc1ccc(C)cc1. The van der Waals surface area contributed by atoms with Crippen LogP contribution in [0.4, 0.5) is 0 Å². The van der Waals surface area contributed by atoms with Crippen molar-refractivity contribution in [3.05, 3.63) is 47.5 Å².